The van der Waals surface area contributed by atoms with E-state index in [1.54, 1.807) is 0 Å². The van der Waals surface area contributed by atoms with Gasteiger partial charge in [-0.3, -0.25) is 0 Å². The normalized spacial score (nSPS) is 19.2. The van der Waals surface area contributed by atoms with Crippen LogP contribution in [0.25, 0.3) is 0 Å². The molecule has 0 atom stereocenters. The van der Waals surface area contributed by atoms with Crippen molar-refractivity contribution in [2.45, 2.75) is 64.7 Å². The third-order valence-corrected chi connectivity index (χ3v) is 3.22. The Balaban J connectivity index is 2.20. The maximum Gasteiger partial charge on any atom is 0.0157 e. The van der Waals surface area contributed by atoms with E-state index in [4.69, 9.17) is 5.41 Å². The lowest BCUT2D eigenvalue weighted by molar-refractivity contribution is 0.585. The third kappa shape index (κ3) is 4.26. The maximum atomic E-state index is 8.00. The lowest BCUT2D eigenvalue weighted by Gasteiger charge is -2.14. The molecule has 14 heavy (non-hydrogen) atoms. The monoisotopic (exact) mass is 194 g/mol. The molecule has 0 aromatic carbocycles. The molecule has 1 N–H and O–H groups in total. The zero-order chi connectivity index (χ0) is 10.2. The predicted molar refractivity (Wildman–Crippen MR) is 62.7 cm³/mol. The van der Waals surface area contributed by atoms with Crippen LogP contribution >= 0.6 is 0 Å². The Hall–Kier alpha value is -0.330. The number of hydrogen-bond acceptors (Lipinski definition) is 1. The maximum absolute atomic E-state index is 8.00. The van der Waals surface area contributed by atoms with Crippen molar-refractivity contribution in [2.24, 2.45) is 5.92 Å². The molecule has 1 aliphatic rings. The van der Waals surface area contributed by atoms with E-state index in [0.29, 0.717) is 5.92 Å². The molecule has 0 amide bonds. The lowest BCUT2D eigenvalue weighted by Crippen LogP contribution is -2.13. The minimum Gasteiger partial charge on any atom is -0.309 e. The van der Waals surface area contributed by atoms with Crippen molar-refractivity contribution >= 4 is 5.71 Å². The summed E-state index contributed by atoms with van der Waals surface area (Å²) in [6.07, 6.45) is 13.8. The summed E-state index contributed by atoms with van der Waals surface area (Å²) in [5.41, 5.74) is 0.931. The summed E-state index contributed by atoms with van der Waals surface area (Å²) in [4.78, 5) is 0. The highest BCUT2D eigenvalue weighted by Crippen LogP contribution is 2.24. The van der Waals surface area contributed by atoms with Crippen molar-refractivity contribution in [3.05, 3.63) is 6.42 Å². The molecular weight excluding hydrogens is 170 g/mol. The average molecular weight is 194 g/mol. The molecule has 0 bridgehead atoms. The van der Waals surface area contributed by atoms with E-state index in [-0.39, 0.29) is 0 Å². The second-order valence-corrected chi connectivity index (χ2v) is 4.49. The van der Waals surface area contributed by atoms with Crippen LogP contribution in [-0.4, -0.2) is 5.71 Å². The van der Waals surface area contributed by atoms with Crippen LogP contribution in [0, 0.1) is 17.7 Å². The molecule has 1 fully saturated rings. The van der Waals surface area contributed by atoms with Gasteiger partial charge in [0.15, 0.2) is 0 Å². The average Bonchev–Trinajstić information content (AvgIpc) is 2.46. The van der Waals surface area contributed by atoms with Crippen molar-refractivity contribution in [3.63, 3.8) is 0 Å². The van der Waals surface area contributed by atoms with E-state index in [2.05, 4.69) is 13.3 Å². The first-order chi connectivity index (χ1) is 6.84. The Morgan fingerprint density at radius 3 is 2.43 bits per heavy atom. The molecule has 1 aliphatic carbocycles. The molecule has 0 heterocycles. The molecule has 1 saturated carbocycles. The van der Waals surface area contributed by atoms with Crippen molar-refractivity contribution in [2.75, 3.05) is 0 Å². The number of hydrogen-bond donors (Lipinski definition) is 1. The van der Waals surface area contributed by atoms with Gasteiger partial charge in [-0.05, 0) is 25.2 Å². The summed E-state index contributed by atoms with van der Waals surface area (Å²) in [6.45, 7) is 2.21. The summed E-state index contributed by atoms with van der Waals surface area (Å²) in [7, 11) is 0. The zero-order valence-corrected chi connectivity index (χ0v) is 9.52. The van der Waals surface area contributed by atoms with E-state index in [1.807, 2.05) is 0 Å². The summed E-state index contributed by atoms with van der Waals surface area (Å²) in [6, 6.07) is 0. The van der Waals surface area contributed by atoms with E-state index in [1.165, 1.54) is 51.4 Å². The summed E-state index contributed by atoms with van der Waals surface area (Å²) in [5, 5.41) is 8.00. The minimum atomic E-state index is 0.592. The first-order valence-electron chi connectivity index (χ1n) is 6.26. The second-order valence-electron chi connectivity index (χ2n) is 4.49. The summed E-state index contributed by atoms with van der Waals surface area (Å²) < 4.78 is 0. The SMILES string of the molecule is CCCC[CH]C(=N)C1CCCCCC1. The fourth-order valence-corrected chi connectivity index (χ4v) is 2.22. The van der Waals surface area contributed by atoms with Gasteiger partial charge in [0.1, 0.15) is 0 Å². The molecule has 0 spiro atoms. The van der Waals surface area contributed by atoms with Gasteiger partial charge < -0.3 is 5.41 Å². The van der Waals surface area contributed by atoms with Gasteiger partial charge in [-0.2, -0.15) is 0 Å². The molecule has 0 aromatic rings. The van der Waals surface area contributed by atoms with Crippen molar-refractivity contribution in [1.82, 2.24) is 0 Å². The number of nitrogens with one attached hydrogen (secondary N) is 1. The number of rotatable bonds is 5. The fraction of sp³-hybridized carbons (Fsp3) is 0.846. The van der Waals surface area contributed by atoms with Gasteiger partial charge >= 0.3 is 0 Å². The lowest BCUT2D eigenvalue weighted by atomic mass is 9.91. The van der Waals surface area contributed by atoms with Crippen molar-refractivity contribution in [3.8, 4) is 0 Å². The minimum absolute atomic E-state index is 0.592. The topological polar surface area (TPSA) is 23.9 Å². The second kappa shape index (κ2) is 7.03. The van der Waals surface area contributed by atoms with Gasteiger partial charge in [-0.25, -0.2) is 0 Å². The summed E-state index contributed by atoms with van der Waals surface area (Å²) >= 11 is 0. The molecule has 0 unspecified atom stereocenters. The van der Waals surface area contributed by atoms with Crippen LogP contribution in [0.4, 0.5) is 0 Å². The molecular formula is C13H24N. The molecule has 0 saturated heterocycles. The third-order valence-electron chi connectivity index (χ3n) is 3.22. The van der Waals surface area contributed by atoms with Gasteiger partial charge in [0.05, 0.1) is 0 Å². The molecule has 81 valence electrons. The standard InChI is InChI=1S/C13H24N/c1-2-3-6-11-13(14)12-9-7-4-5-8-10-12/h11-12,14H,2-10H2,1H3. The first kappa shape index (κ1) is 11.7. The highest BCUT2D eigenvalue weighted by molar-refractivity contribution is 5.91. The Labute approximate surface area is 88.8 Å². The largest absolute Gasteiger partial charge is 0.309 e. The van der Waals surface area contributed by atoms with E-state index in [9.17, 15) is 0 Å². The van der Waals surface area contributed by atoms with Crippen LogP contribution < -0.4 is 0 Å². The van der Waals surface area contributed by atoms with Crippen LogP contribution in [0.15, 0.2) is 0 Å². The molecule has 1 heteroatoms. The van der Waals surface area contributed by atoms with E-state index >= 15 is 0 Å². The highest BCUT2D eigenvalue weighted by Gasteiger charge is 2.16. The van der Waals surface area contributed by atoms with Crippen molar-refractivity contribution in [1.29, 1.82) is 5.41 Å². The van der Waals surface area contributed by atoms with Gasteiger partial charge in [-0.1, -0.05) is 45.4 Å². The van der Waals surface area contributed by atoms with Gasteiger partial charge in [0, 0.05) is 12.1 Å². The van der Waals surface area contributed by atoms with Crippen LogP contribution in [-0.2, 0) is 0 Å². The highest BCUT2D eigenvalue weighted by atomic mass is 14.4. The van der Waals surface area contributed by atoms with E-state index in [0.717, 1.165) is 12.1 Å². The first-order valence-corrected chi connectivity index (χ1v) is 6.26. The Morgan fingerprint density at radius 2 is 1.86 bits per heavy atom. The Morgan fingerprint density at radius 1 is 1.21 bits per heavy atom. The van der Waals surface area contributed by atoms with Crippen LogP contribution in [0.1, 0.15) is 64.7 Å². The zero-order valence-electron chi connectivity index (χ0n) is 9.52. The van der Waals surface area contributed by atoms with Crippen LogP contribution in [0.3, 0.4) is 0 Å². The molecule has 1 rings (SSSR count). The van der Waals surface area contributed by atoms with Gasteiger partial charge in [-0.15, -0.1) is 0 Å². The van der Waals surface area contributed by atoms with Crippen molar-refractivity contribution < 1.29 is 0 Å². The molecule has 0 aliphatic heterocycles. The molecule has 1 nitrogen and oxygen atoms in total. The van der Waals surface area contributed by atoms with Crippen LogP contribution in [0.2, 0.25) is 0 Å². The van der Waals surface area contributed by atoms with Gasteiger partial charge in [0.2, 0.25) is 0 Å². The Bertz CT molecular complexity index is 155. The van der Waals surface area contributed by atoms with Crippen LogP contribution in [0.5, 0.6) is 0 Å². The quantitative estimate of drug-likeness (QED) is 0.382. The molecule has 1 radical (unpaired) electrons. The predicted octanol–water partition coefficient (Wildman–Crippen LogP) is 4.37. The summed E-state index contributed by atoms with van der Waals surface area (Å²) in [5.74, 6) is 0.592. The van der Waals surface area contributed by atoms with E-state index < -0.39 is 0 Å². The number of unbranched alkanes of at least 4 members (excludes halogenated alkanes) is 2. The Kier molecular flexibility index (Phi) is 5.89. The fourth-order valence-electron chi connectivity index (χ4n) is 2.22. The molecule has 0 aromatic heterocycles. The smallest absolute Gasteiger partial charge is 0.0157 e. The van der Waals surface area contributed by atoms with Gasteiger partial charge in [0.25, 0.3) is 0 Å².